The van der Waals surface area contributed by atoms with Gasteiger partial charge in [0.15, 0.2) is 0 Å². The molecule has 1 unspecified atom stereocenters. The number of pyridine rings is 1. The van der Waals surface area contributed by atoms with Gasteiger partial charge in [-0.15, -0.1) is 0 Å². The van der Waals surface area contributed by atoms with Crippen LogP contribution in [-0.4, -0.2) is 28.8 Å². The fraction of sp³-hybridized carbons (Fsp3) is 0. The number of fused-ring (bicyclic) bond motifs is 11. The first-order valence-electron chi connectivity index (χ1n) is 14.1. The van der Waals surface area contributed by atoms with Crippen LogP contribution in [0.5, 0.6) is 0 Å². The second kappa shape index (κ2) is 9.02. The molecule has 42 heavy (non-hydrogen) atoms. The molecule has 9 rings (SSSR count). The molecule has 0 amide bonds. The van der Waals surface area contributed by atoms with Gasteiger partial charge in [-0.1, -0.05) is 0 Å². The molecule has 0 fully saturated rings. The number of hydrogen-bond acceptors (Lipinski definition) is 1. The van der Waals surface area contributed by atoms with E-state index in [1.54, 1.807) is 0 Å². The Labute approximate surface area is 249 Å². The van der Waals surface area contributed by atoms with Gasteiger partial charge >= 0.3 is 251 Å². The molecule has 0 aliphatic heterocycles. The molecular formula is C37H24N3PSe. The Morgan fingerprint density at radius 3 is 1.64 bits per heavy atom. The molecule has 198 valence electrons. The molecule has 0 N–H and O–H groups in total. The fourth-order valence-electron chi connectivity index (χ4n) is 6.70. The number of hydrogen-bond donors (Lipinski definition) is 0. The van der Waals surface area contributed by atoms with E-state index in [0.717, 1.165) is 16.7 Å². The number of para-hydroxylation sites is 3. The van der Waals surface area contributed by atoms with Crippen molar-refractivity contribution in [1.82, 2.24) is 13.7 Å². The van der Waals surface area contributed by atoms with Gasteiger partial charge in [-0.25, -0.2) is 0 Å². The quantitative estimate of drug-likeness (QED) is 0.111. The zero-order chi connectivity index (χ0) is 27.8. The van der Waals surface area contributed by atoms with Crippen molar-refractivity contribution in [1.29, 1.82) is 0 Å². The second-order valence-electron chi connectivity index (χ2n) is 10.8. The van der Waals surface area contributed by atoms with E-state index in [0.29, 0.717) is 0 Å². The number of nitrogens with zero attached hydrogens (tertiary/aromatic N) is 3. The Hall–Kier alpha value is -4.46. The molecule has 0 aliphatic carbocycles. The first-order valence-corrected chi connectivity index (χ1v) is 18.1. The van der Waals surface area contributed by atoms with Gasteiger partial charge in [0.2, 0.25) is 0 Å². The van der Waals surface area contributed by atoms with Crippen molar-refractivity contribution < 1.29 is 0 Å². The van der Waals surface area contributed by atoms with Crippen LogP contribution < -0.4 is 10.6 Å². The van der Waals surface area contributed by atoms with Gasteiger partial charge in [0, 0.05) is 0 Å². The summed E-state index contributed by atoms with van der Waals surface area (Å²) in [5.41, 5.74) is 4.49. The summed E-state index contributed by atoms with van der Waals surface area (Å²) < 4.78 is 4.95. The molecule has 6 aromatic carbocycles. The third-order valence-corrected chi connectivity index (χ3v) is 15.2. The van der Waals surface area contributed by atoms with E-state index in [2.05, 4.69) is 169 Å². The second-order valence-corrected chi connectivity index (χ2v) is 16.7. The van der Waals surface area contributed by atoms with Crippen LogP contribution in [0.15, 0.2) is 146 Å². The number of imidazole rings is 1. The molecular weight excluding hydrogens is 596 g/mol. The Morgan fingerprint density at radius 1 is 0.452 bits per heavy atom. The van der Waals surface area contributed by atoms with Crippen LogP contribution in [0.2, 0.25) is 0 Å². The van der Waals surface area contributed by atoms with Gasteiger partial charge in [0.1, 0.15) is 0 Å². The van der Waals surface area contributed by atoms with Crippen LogP contribution in [-0.2, 0) is 0 Å². The fourth-order valence-corrected chi connectivity index (χ4v) is 12.2. The molecule has 0 saturated carbocycles. The molecule has 3 nitrogen and oxygen atoms in total. The van der Waals surface area contributed by atoms with Gasteiger partial charge in [-0.2, -0.15) is 0 Å². The molecule has 0 bridgehead atoms. The summed E-state index contributed by atoms with van der Waals surface area (Å²) >= 11 is 3.83. The SMILES string of the molecule is [Se]=P(c1ccccc1)(c1ccc2nc3c4ccccc4c4ccccc4n3c2c1)n1c2ccccc2c2ccccc21. The van der Waals surface area contributed by atoms with Crippen LogP contribution in [0, 0.1) is 0 Å². The van der Waals surface area contributed by atoms with E-state index < -0.39 is 5.66 Å². The summed E-state index contributed by atoms with van der Waals surface area (Å²) in [4.78, 5) is 5.21. The Balaban J connectivity index is 1.45. The van der Waals surface area contributed by atoms with Crippen molar-refractivity contribution >= 4 is 91.5 Å². The van der Waals surface area contributed by atoms with E-state index >= 15 is 0 Å². The Kier molecular flexibility index (Phi) is 5.19. The van der Waals surface area contributed by atoms with Crippen LogP contribution in [0.1, 0.15) is 0 Å². The number of benzene rings is 6. The first kappa shape index (κ1) is 24.2. The van der Waals surface area contributed by atoms with Crippen molar-refractivity contribution in [2.24, 2.45) is 0 Å². The van der Waals surface area contributed by atoms with Crippen molar-refractivity contribution in [3.05, 3.63) is 146 Å². The molecule has 3 aromatic heterocycles. The molecule has 0 radical (unpaired) electrons. The third kappa shape index (κ3) is 3.23. The van der Waals surface area contributed by atoms with E-state index in [1.165, 1.54) is 54.1 Å². The van der Waals surface area contributed by atoms with Crippen molar-refractivity contribution in [3.63, 3.8) is 0 Å². The van der Waals surface area contributed by atoms with E-state index in [9.17, 15) is 0 Å². The maximum absolute atomic E-state index is 5.21. The molecule has 0 spiro atoms. The normalized spacial score (nSPS) is 13.5. The third-order valence-electron chi connectivity index (χ3n) is 8.53. The minimum atomic E-state index is -2.29. The molecule has 1 atom stereocenters. The predicted octanol–water partition coefficient (Wildman–Crippen LogP) is 8.42. The zero-order valence-corrected chi connectivity index (χ0v) is 25.2. The minimum absolute atomic E-state index is 0.997. The maximum atomic E-state index is 5.21. The van der Waals surface area contributed by atoms with E-state index in [-0.39, 0.29) is 0 Å². The van der Waals surface area contributed by atoms with Crippen molar-refractivity contribution in [3.8, 4) is 0 Å². The van der Waals surface area contributed by atoms with Gasteiger partial charge in [0.05, 0.1) is 0 Å². The van der Waals surface area contributed by atoms with Gasteiger partial charge in [-0.05, 0) is 0 Å². The van der Waals surface area contributed by atoms with Gasteiger partial charge in [-0.3, -0.25) is 0 Å². The number of aromatic nitrogens is 3. The summed E-state index contributed by atoms with van der Waals surface area (Å²) in [5, 5.41) is 8.75. The standard InChI is InChI=1S/C37H24N3PSe/c42-41(25-12-2-1-3-13-25,40-34-20-10-7-16-29(34)30-17-8-11-21-35(30)40)26-22-23-32-36(24-26)39-33-19-9-6-15-28(33)27-14-4-5-18-31(27)37(39)38-32/h1-24H. The Bertz CT molecular complexity index is 2510. The summed E-state index contributed by atoms with van der Waals surface area (Å²) in [5.74, 6) is 0. The van der Waals surface area contributed by atoms with E-state index in [1.807, 2.05) is 0 Å². The van der Waals surface area contributed by atoms with Gasteiger partial charge in [0.25, 0.3) is 0 Å². The average Bonchev–Trinajstić information content (AvgIpc) is 3.62. The summed E-state index contributed by atoms with van der Waals surface area (Å²) in [7, 11) is 0. The molecule has 0 saturated heterocycles. The predicted molar refractivity (Wildman–Crippen MR) is 181 cm³/mol. The van der Waals surface area contributed by atoms with Crippen molar-refractivity contribution in [2.75, 3.05) is 0 Å². The molecule has 0 aliphatic rings. The van der Waals surface area contributed by atoms with Crippen LogP contribution >= 0.6 is 5.66 Å². The van der Waals surface area contributed by atoms with Crippen LogP contribution in [0.25, 0.3) is 60.2 Å². The zero-order valence-electron chi connectivity index (χ0n) is 22.6. The van der Waals surface area contributed by atoms with Crippen molar-refractivity contribution in [2.45, 2.75) is 0 Å². The molecule has 5 heteroatoms. The summed E-state index contributed by atoms with van der Waals surface area (Å²) in [6, 6.07) is 52.7. The Morgan fingerprint density at radius 2 is 0.976 bits per heavy atom. The molecule has 9 aromatic rings. The van der Waals surface area contributed by atoms with E-state index in [4.69, 9.17) is 4.98 Å². The monoisotopic (exact) mass is 621 g/mol. The van der Waals surface area contributed by atoms with Crippen LogP contribution in [0.4, 0.5) is 0 Å². The topological polar surface area (TPSA) is 22.2 Å². The number of rotatable bonds is 3. The van der Waals surface area contributed by atoms with Gasteiger partial charge < -0.3 is 0 Å². The molecule has 3 heterocycles. The summed E-state index contributed by atoms with van der Waals surface area (Å²) in [6.07, 6.45) is 0. The summed E-state index contributed by atoms with van der Waals surface area (Å²) in [6.45, 7) is 0. The average molecular weight is 621 g/mol. The van der Waals surface area contributed by atoms with Crippen LogP contribution in [0.3, 0.4) is 0 Å². The first-order chi connectivity index (χ1) is 20.7.